The molecule has 46 heavy (non-hydrogen) atoms. The Morgan fingerprint density at radius 2 is 1.11 bits per heavy atom. The van der Waals surface area contributed by atoms with Crippen molar-refractivity contribution in [2.24, 2.45) is 0 Å². The van der Waals surface area contributed by atoms with Crippen LogP contribution in [0, 0.1) is 0 Å². The van der Waals surface area contributed by atoms with E-state index in [0.29, 0.717) is 34.8 Å². The second-order valence-electron chi connectivity index (χ2n) is 8.57. The third-order valence-electron chi connectivity index (χ3n) is 5.36. The molecule has 0 radical (unpaired) electrons. The number of esters is 3. The van der Waals surface area contributed by atoms with Gasteiger partial charge < -0.3 is 23.7 Å². The summed E-state index contributed by atoms with van der Waals surface area (Å²) >= 11 is 14.8. The van der Waals surface area contributed by atoms with Crippen molar-refractivity contribution in [3.63, 3.8) is 0 Å². The summed E-state index contributed by atoms with van der Waals surface area (Å²) < 4.78 is 26.1. The van der Waals surface area contributed by atoms with Gasteiger partial charge in [-0.15, -0.1) is 0 Å². The molecule has 0 aliphatic carbocycles. The number of hydrogen-bond acceptors (Lipinski definition) is 8. The molecule has 0 saturated carbocycles. The predicted molar refractivity (Wildman–Crippen MR) is 184 cm³/mol. The molecular weight excluding hydrogens is 699 g/mol. The van der Waals surface area contributed by atoms with E-state index in [4.69, 9.17) is 46.9 Å². The van der Waals surface area contributed by atoms with Gasteiger partial charge in [-0.3, -0.25) is 0 Å². The summed E-state index contributed by atoms with van der Waals surface area (Å²) in [6.07, 6.45) is 3.35. The van der Waals surface area contributed by atoms with Gasteiger partial charge in [0, 0.05) is 28.3 Å². The van der Waals surface area contributed by atoms with Crippen LogP contribution >= 0.6 is 39.1 Å². The lowest BCUT2D eigenvalue weighted by Gasteiger charge is -2.10. The standard InChI is InChI=1S/C15H13BrO3.C11H11ClO3.C9H7ClO2/c1-2-14(17)19-10-9-18-13-8-7-11-5-3-4-6-12(11)15(13)16;1-2-11(13)15-8-7-14-10-5-3-9(12)4-6-10;1-2-9(11)12-8-5-3-7(10)4-6-8/h2-8H,1,9-10H2;2-6H,1,7-8H2;2-6H,1H2. The number of fused-ring (bicyclic) bond motifs is 1. The Hall–Kier alpha value is -4.57. The van der Waals surface area contributed by atoms with Crippen molar-refractivity contribution in [2.45, 2.75) is 0 Å². The van der Waals surface area contributed by atoms with Crippen LogP contribution in [0.25, 0.3) is 10.8 Å². The molecule has 0 saturated heterocycles. The Kier molecular flexibility index (Phi) is 17.3. The first kappa shape index (κ1) is 37.6. The highest BCUT2D eigenvalue weighted by Gasteiger charge is 2.06. The minimum absolute atomic E-state index is 0.199. The van der Waals surface area contributed by atoms with E-state index in [1.807, 2.05) is 36.4 Å². The molecule has 8 nitrogen and oxygen atoms in total. The normalized spacial score (nSPS) is 9.63. The fraction of sp³-hybridized carbons (Fsp3) is 0.114. The zero-order chi connectivity index (χ0) is 33.7. The van der Waals surface area contributed by atoms with Gasteiger partial charge in [0.25, 0.3) is 0 Å². The van der Waals surface area contributed by atoms with E-state index in [2.05, 4.69) is 35.7 Å². The first-order valence-corrected chi connectivity index (χ1v) is 15.1. The number of carbonyl (C=O) groups excluding carboxylic acids is 3. The quantitative estimate of drug-likeness (QED) is 0.0619. The zero-order valence-corrected chi connectivity index (χ0v) is 27.8. The van der Waals surface area contributed by atoms with Gasteiger partial charge in [-0.2, -0.15) is 0 Å². The van der Waals surface area contributed by atoms with Crippen molar-refractivity contribution in [3.8, 4) is 17.2 Å². The van der Waals surface area contributed by atoms with Crippen molar-refractivity contribution in [1.82, 2.24) is 0 Å². The molecule has 0 spiro atoms. The second-order valence-corrected chi connectivity index (χ2v) is 10.2. The van der Waals surface area contributed by atoms with Crippen molar-refractivity contribution >= 4 is 67.8 Å². The van der Waals surface area contributed by atoms with Gasteiger partial charge in [0.15, 0.2) is 0 Å². The van der Waals surface area contributed by atoms with Crippen molar-refractivity contribution in [3.05, 3.63) is 137 Å². The lowest BCUT2D eigenvalue weighted by molar-refractivity contribution is -0.139. The highest BCUT2D eigenvalue weighted by molar-refractivity contribution is 9.10. The molecule has 0 aliphatic heterocycles. The fourth-order valence-corrected chi connectivity index (χ4v) is 4.09. The SMILES string of the molecule is C=CC(=O)OCCOc1ccc(Cl)cc1.C=CC(=O)OCCOc1ccc2ccccc2c1Br.C=CC(=O)Oc1ccc(Cl)cc1. The van der Waals surface area contributed by atoms with Crippen LogP contribution in [-0.4, -0.2) is 44.3 Å². The number of hydrogen-bond donors (Lipinski definition) is 0. The van der Waals surface area contributed by atoms with E-state index in [0.717, 1.165) is 39.2 Å². The van der Waals surface area contributed by atoms with E-state index in [1.165, 1.54) is 0 Å². The molecule has 4 aromatic rings. The lowest BCUT2D eigenvalue weighted by Crippen LogP contribution is -2.10. The van der Waals surface area contributed by atoms with Crippen LogP contribution < -0.4 is 14.2 Å². The third kappa shape index (κ3) is 14.5. The van der Waals surface area contributed by atoms with Crippen LogP contribution in [-0.2, 0) is 23.9 Å². The molecule has 0 aromatic heterocycles. The first-order valence-electron chi connectivity index (χ1n) is 13.5. The molecule has 0 unspecified atom stereocenters. The predicted octanol–water partition coefficient (Wildman–Crippen LogP) is 8.59. The Bertz CT molecular complexity index is 1610. The molecule has 0 fully saturated rings. The molecule has 0 N–H and O–H groups in total. The number of ether oxygens (including phenoxy) is 5. The number of benzene rings is 4. The van der Waals surface area contributed by atoms with Gasteiger partial charge in [0.05, 0.1) is 4.47 Å². The first-order chi connectivity index (χ1) is 22.2. The van der Waals surface area contributed by atoms with Crippen molar-refractivity contribution < 1.29 is 38.1 Å². The van der Waals surface area contributed by atoms with Gasteiger partial charge >= 0.3 is 17.9 Å². The topological polar surface area (TPSA) is 97.4 Å². The Morgan fingerprint density at radius 3 is 1.65 bits per heavy atom. The number of halogens is 3. The summed E-state index contributed by atoms with van der Waals surface area (Å²) in [7, 11) is 0. The zero-order valence-electron chi connectivity index (χ0n) is 24.7. The minimum Gasteiger partial charge on any atom is -0.490 e. The Balaban J connectivity index is 0.000000247. The minimum atomic E-state index is -0.475. The van der Waals surface area contributed by atoms with Crippen LogP contribution in [0.3, 0.4) is 0 Å². The summed E-state index contributed by atoms with van der Waals surface area (Å²) in [5.41, 5.74) is 0. The molecule has 0 atom stereocenters. The van der Waals surface area contributed by atoms with Gasteiger partial charge in [0.1, 0.15) is 43.7 Å². The molecule has 11 heteroatoms. The van der Waals surface area contributed by atoms with Crippen LogP contribution in [0.4, 0.5) is 0 Å². The van der Waals surface area contributed by atoms with Crippen LogP contribution in [0.1, 0.15) is 0 Å². The lowest BCUT2D eigenvalue weighted by atomic mass is 10.1. The largest absolute Gasteiger partial charge is 0.490 e. The highest BCUT2D eigenvalue weighted by Crippen LogP contribution is 2.33. The molecule has 4 rings (SSSR count). The summed E-state index contributed by atoms with van der Waals surface area (Å²) in [6.45, 7) is 10.9. The molecular formula is C35H31BrCl2O8. The van der Waals surface area contributed by atoms with Gasteiger partial charge in [-0.1, -0.05) is 73.3 Å². The van der Waals surface area contributed by atoms with Gasteiger partial charge in [0.2, 0.25) is 0 Å². The summed E-state index contributed by atoms with van der Waals surface area (Å²) in [4.78, 5) is 32.2. The van der Waals surface area contributed by atoms with Crippen LogP contribution in [0.5, 0.6) is 17.2 Å². The molecule has 0 amide bonds. The van der Waals surface area contributed by atoms with Gasteiger partial charge in [-0.05, 0) is 81.3 Å². The van der Waals surface area contributed by atoms with E-state index in [1.54, 1.807) is 48.5 Å². The van der Waals surface area contributed by atoms with E-state index >= 15 is 0 Å². The third-order valence-corrected chi connectivity index (χ3v) is 6.68. The van der Waals surface area contributed by atoms with E-state index in [-0.39, 0.29) is 13.2 Å². The maximum atomic E-state index is 10.9. The maximum absolute atomic E-state index is 10.9. The molecule has 0 bridgehead atoms. The van der Waals surface area contributed by atoms with Crippen LogP contribution in [0.15, 0.2) is 127 Å². The second kappa shape index (κ2) is 21.2. The number of carbonyl (C=O) groups is 3. The number of rotatable bonds is 12. The molecule has 4 aromatic carbocycles. The van der Waals surface area contributed by atoms with E-state index in [9.17, 15) is 14.4 Å². The monoisotopic (exact) mass is 728 g/mol. The molecule has 0 aliphatic rings. The Morgan fingerprint density at radius 1 is 0.609 bits per heavy atom. The summed E-state index contributed by atoms with van der Waals surface area (Å²) in [5.74, 6) is 0.514. The smallest absolute Gasteiger partial charge is 0.335 e. The van der Waals surface area contributed by atoms with Crippen molar-refractivity contribution in [2.75, 3.05) is 26.4 Å². The average Bonchev–Trinajstić information content (AvgIpc) is 3.08. The summed E-state index contributed by atoms with van der Waals surface area (Å²) in [5, 5.41) is 3.48. The van der Waals surface area contributed by atoms with Crippen molar-refractivity contribution in [1.29, 1.82) is 0 Å². The Labute approximate surface area is 285 Å². The molecule has 0 heterocycles. The van der Waals surface area contributed by atoms with Gasteiger partial charge in [-0.25, -0.2) is 14.4 Å². The molecule has 240 valence electrons. The fourth-order valence-electron chi connectivity index (χ4n) is 3.23. The maximum Gasteiger partial charge on any atom is 0.335 e. The summed E-state index contributed by atoms with van der Waals surface area (Å²) in [6, 6.07) is 25.4. The highest BCUT2D eigenvalue weighted by atomic mass is 79.9. The van der Waals surface area contributed by atoms with E-state index < -0.39 is 17.9 Å². The van der Waals surface area contributed by atoms with Crippen LogP contribution in [0.2, 0.25) is 10.0 Å². The average molecular weight is 730 g/mol.